The molecule has 2 heteroatoms. The average molecular weight is 91.5 g/mol. The zero-order valence-electron chi connectivity index (χ0n) is 2.86. The maximum Gasteiger partial charge on any atom is 0.142 e. The lowest BCUT2D eigenvalue weighted by Crippen LogP contribution is -1.74. The van der Waals surface area contributed by atoms with Gasteiger partial charge in [0.25, 0.3) is 0 Å². The van der Waals surface area contributed by atoms with E-state index < -0.39 is 0 Å². The summed E-state index contributed by atoms with van der Waals surface area (Å²) in [5, 5.41) is 0.296. The fourth-order valence-electron chi connectivity index (χ4n) is 0. The Hall–Kier alpha value is -0.0400. The Morgan fingerprint density at radius 2 is 2.20 bits per heavy atom. The van der Waals surface area contributed by atoms with Gasteiger partial charge in [0.2, 0.25) is 0 Å². The van der Waals surface area contributed by atoms with Crippen molar-refractivity contribution in [2.24, 2.45) is 0 Å². The van der Waals surface area contributed by atoms with Gasteiger partial charge in [0, 0.05) is 0 Å². The van der Waals surface area contributed by atoms with Gasteiger partial charge in [-0.25, -0.2) is 0 Å². The summed E-state index contributed by atoms with van der Waals surface area (Å²) >= 11 is 5.01. The van der Waals surface area contributed by atoms with Crippen molar-refractivity contribution in [1.29, 1.82) is 0 Å². The van der Waals surface area contributed by atoms with E-state index in [0.717, 1.165) is 0 Å². The summed E-state index contributed by atoms with van der Waals surface area (Å²) in [6, 6.07) is 0. The number of hydrogen-bond acceptors (Lipinski definition) is 1. The van der Waals surface area contributed by atoms with E-state index in [1.807, 2.05) is 0 Å². The standard InChI is InChI=1S/C3H4ClO/c1-3(4)2-5/h2H,1H3. The van der Waals surface area contributed by atoms with Gasteiger partial charge in [0.05, 0.1) is 0 Å². The van der Waals surface area contributed by atoms with Crippen molar-refractivity contribution in [2.45, 2.75) is 6.92 Å². The highest BCUT2D eigenvalue weighted by molar-refractivity contribution is 6.34. The van der Waals surface area contributed by atoms with Gasteiger partial charge in [-0.2, -0.15) is 0 Å². The van der Waals surface area contributed by atoms with Crippen LogP contribution in [0.5, 0.6) is 0 Å². The normalized spacial score (nSPS) is 8.60. The lowest BCUT2D eigenvalue weighted by Gasteiger charge is -1.73. The highest BCUT2D eigenvalue weighted by atomic mass is 35.5. The first-order chi connectivity index (χ1) is 2.27. The van der Waals surface area contributed by atoms with E-state index in [-0.39, 0.29) is 0 Å². The maximum absolute atomic E-state index is 9.34. The van der Waals surface area contributed by atoms with E-state index in [9.17, 15) is 4.79 Å². The van der Waals surface area contributed by atoms with Gasteiger partial charge in [-0.15, -0.1) is 11.6 Å². The number of carbonyl (C=O) groups is 1. The lowest BCUT2D eigenvalue weighted by atomic mass is 10.6. The largest absolute Gasteiger partial charge is 0.301 e. The molecule has 0 atom stereocenters. The van der Waals surface area contributed by atoms with Gasteiger partial charge in [-0.3, -0.25) is 0 Å². The van der Waals surface area contributed by atoms with Crippen molar-refractivity contribution >= 4 is 17.9 Å². The molecule has 0 amide bonds. The van der Waals surface area contributed by atoms with Crippen molar-refractivity contribution in [3.05, 3.63) is 5.38 Å². The molecule has 0 unspecified atom stereocenters. The van der Waals surface area contributed by atoms with Crippen molar-refractivity contribution in [3.8, 4) is 0 Å². The fourth-order valence-corrected chi connectivity index (χ4v) is 0. The van der Waals surface area contributed by atoms with Gasteiger partial charge in [0.15, 0.2) is 0 Å². The lowest BCUT2D eigenvalue weighted by molar-refractivity contribution is -0.105. The zero-order valence-corrected chi connectivity index (χ0v) is 3.62. The third-order valence-corrected chi connectivity index (χ3v) is 0.251. The number of halogens is 1. The molecule has 0 aromatic rings. The molecule has 29 valence electrons. The first-order valence-electron chi connectivity index (χ1n) is 1.21. The summed E-state index contributed by atoms with van der Waals surface area (Å²) in [4.78, 5) is 9.34. The molecule has 0 rings (SSSR count). The molecule has 0 spiro atoms. The SMILES string of the molecule is C[C](Cl)C=O. The third-order valence-electron chi connectivity index (χ3n) is 0.162. The van der Waals surface area contributed by atoms with Gasteiger partial charge >= 0.3 is 0 Å². The van der Waals surface area contributed by atoms with Crippen LogP contribution in [-0.4, -0.2) is 6.29 Å². The molecule has 0 aromatic carbocycles. The van der Waals surface area contributed by atoms with E-state index in [1.165, 1.54) is 6.92 Å². The van der Waals surface area contributed by atoms with Crippen molar-refractivity contribution < 1.29 is 4.79 Å². The van der Waals surface area contributed by atoms with Gasteiger partial charge in [-0.05, 0) is 6.92 Å². The Bertz CT molecular complexity index is 33.9. The first kappa shape index (κ1) is 4.96. The second kappa shape index (κ2) is 2.21. The summed E-state index contributed by atoms with van der Waals surface area (Å²) in [6.45, 7) is 1.54. The predicted octanol–water partition coefficient (Wildman–Crippen LogP) is 0.976. The predicted molar refractivity (Wildman–Crippen MR) is 20.8 cm³/mol. The number of rotatable bonds is 1. The summed E-state index contributed by atoms with van der Waals surface area (Å²) in [5.41, 5.74) is 0. The molecule has 0 bridgehead atoms. The second-order valence-electron chi connectivity index (χ2n) is 0.705. The minimum atomic E-state index is 0.296. The van der Waals surface area contributed by atoms with E-state index in [4.69, 9.17) is 11.6 Å². The molecule has 5 heavy (non-hydrogen) atoms. The molecule has 1 radical (unpaired) electrons. The van der Waals surface area contributed by atoms with Gasteiger partial charge in [-0.1, -0.05) is 0 Å². The van der Waals surface area contributed by atoms with Crippen molar-refractivity contribution in [1.82, 2.24) is 0 Å². The summed E-state index contributed by atoms with van der Waals surface area (Å²) < 4.78 is 0. The van der Waals surface area contributed by atoms with Crippen LogP contribution in [0.4, 0.5) is 0 Å². The van der Waals surface area contributed by atoms with E-state index in [2.05, 4.69) is 0 Å². The number of carbonyl (C=O) groups excluding carboxylic acids is 1. The summed E-state index contributed by atoms with van der Waals surface area (Å²) in [7, 11) is 0. The summed E-state index contributed by atoms with van der Waals surface area (Å²) in [6.07, 6.45) is 0.599. The Kier molecular flexibility index (Phi) is 2.19. The quantitative estimate of drug-likeness (QED) is 0.440. The molecule has 0 aliphatic carbocycles. The number of aldehydes is 1. The molecule has 1 nitrogen and oxygen atoms in total. The Morgan fingerprint density at radius 3 is 2.20 bits per heavy atom. The topological polar surface area (TPSA) is 17.1 Å². The van der Waals surface area contributed by atoms with Crippen molar-refractivity contribution in [3.63, 3.8) is 0 Å². The van der Waals surface area contributed by atoms with Crippen LogP contribution < -0.4 is 0 Å². The monoisotopic (exact) mass is 91.0 g/mol. The Morgan fingerprint density at radius 1 is 2.00 bits per heavy atom. The minimum absolute atomic E-state index is 0.296. The summed E-state index contributed by atoms with van der Waals surface area (Å²) in [5.74, 6) is 0. The first-order valence-corrected chi connectivity index (χ1v) is 1.59. The van der Waals surface area contributed by atoms with Gasteiger partial charge < -0.3 is 4.79 Å². The van der Waals surface area contributed by atoms with Crippen LogP contribution in [0.25, 0.3) is 0 Å². The van der Waals surface area contributed by atoms with Crippen LogP contribution in [0.2, 0.25) is 0 Å². The van der Waals surface area contributed by atoms with Crippen LogP contribution in [0.1, 0.15) is 6.92 Å². The molecule has 0 saturated heterocycles. The Labute approximate surface area is 35.9 Å². The van der Waals surface area contributed by atoms with E-state index in [0.29, 0.717) is 11.7 Å². The molecule has 0 aliphatic heterocycles. The van der Waals surface area contributed by atoms with E-state index in [1.54, 1.807) is 0 Å². The van der Waals surface area contributed by atoms with Crippen LogP contribution in [0.15, 0.2) is 0 Å². The molecule has 0 aliphatic rings. The highest BCUT2D eigenvalue weighted by Crippen LogP contribution is 1.94. The smallest absolute Gasteiger partial charge is 0.142 e. The second-order valence-corrected chi connectivity index (χ2v) is 1.30. The van der Waals surface area contributed by atoms with Gasteiger partial charge in [0.1, 0.15) is 11.7 Å². The van der Waals surface area contributed by atoms with Crippen LogP contribution in [0, 0.1) is 5.38 Å². The molecular formula is C3H4ClO. The Balaban J connectivity index is 2.83. The van der Waals surface area contributed by atoms with Crippen molar-refractivity contribution in [2.75, 3.05) is 0 Å². The molecule has 0 fully saturated rings. The zero-order chi connectivity index (χ0) is 4.28. The minimum Gasteiger partial charge on any atom is -0.301 e. The van der Waals surface area contributed by atoms with E-state index >= 15 is 0 Å². The third kappa shape index (κ3) is 3.96. The fraction of sp³-hybridized carbons (Fsp3) is 0.333. The average Bonchev–Trinajstić information content (AvgIpc) is 1.38. The number of hydrogen-bond donors (Lipinski definition) is 0. The maximum atomic E-state index is 9.34. The van der Waals surface area contributed by atoms with Crippen LogP contribution in [0.3, 0.4) is 0 Å². The molecule has 0 aromatic heterocycles. The molecular weight excluding hydrogens is 87.5 g/mol. The van der Waals surface area contributed by atoms with Crippen LogP contribution in [-0.2, 0) is 4.79 Å². The van der Waals surface area contributed by atoms with Crippen LogP contribution >= 0.6 is 11.6 Å². The highest BCUT2D eigenvalue weighted by Gasteiger charge is 1.85. The molecule has 0 N–H and O–H groups in total. The molecule has 0 saturated carbocycles. The molecule has 0 heterocycles.